The second-order valence-electron chi connectivity index (χ2n) is 5.75. The van der Waals surface area contributed by atoms with Crippen molar-refractivity contribution in [2.45, 2.75) is 36.2 Å². The summed E-state index contributed by atoms with van der Waals surface area (Å²) in [5.74, 6) is 1.43. The van der Waals surface area contributed by atoms with Crippen molar-refractivity contribution in [1.82, 2.24) is 10.2 Å². The molecule has 1 amide bonds. The number of rotatable bonds is 6. The quantitative estimate of drug-likeness (QED) is 0.818. The molecule has 1 aromatic carbocycles. The fourth-order valence-electron chi connectivity index (χ4n) is 2.79. The van der Waals surface area contributed by atoms with E-state index >= 15 is 0 Å². The number of thioether (sulfide) groups is 1. The van der Waals surface area contributed by atoms with E-state index in [1.807, 2.05) is 24.3 Å². The van der Waals surface area contributed by atoms with Crippen LogP contribution in [0.2, 0.25) is 0 Å². The second-order valence-corrected chi connectivity index (χ2v) is 6.80. The van der Waals surface area contributed by atoms with E-state index in [9.17, 15) is 4.79 Å². The molecule has 1 aromatic rings. The van der Waals surface area contributed by atoms with E-state index in [-0.39, 0.29) is 5.91 Å². The highest BCUT2D eigenvalue weighted by atomic mass is 32.2. The number of hydrogen-bond donors (Lipinski definition) is 1. The van der Waals surface area contributed by atoms with Gasteiger partial charge in [-0.25, -0.2) is 0 Å². The number of nitrogens with zero attached hydrogens (tertiary/aromatic N) is 1. The van der Waals surface area contributed by atoms with Crippen molar-refractivity contribution in [1.29, 1.82) is 0 Å². The summed E-state index contributed by atoms with van der Waals surface area (Å²) in [6, 6.07) is 8.97. The van der Waals surface area contributed by atoms with E-state index in [4.69, 9.17) is 4.74 Å². The maximum atomic E-state index is 12.0. The minimum absolute atomic E-state index is 0.130. The van der Waals surface area contributed by atoms with Gasteiger partial charge in [0.1, 0.15) is 5.75 Å². The molecule has 1 N–H and O–H groups in total. The minimum atomic E-state index is 0.130. The molecule has 1 aliphatic carbocycles. The van der Waals surface area contributed by atoms with E-state index in [1.54, 1.807) is 18.9 Å². The normalized spacial score (nSPS) is 22.2. The summed E-state index contributed by atoms with van der Waals surface area (Å²) in [5.41, 5.74) is 0. The highest BCUT2D eigenvalue weighted by Gasteiger charge is 2.34. The van der Waals surface area contributed by atoms with Gasteiger partial charge >= 0.3 is 0 Å². The van der Waals surface area contributed by atoms with Crippen LogP contribution in [-0.4, -0.2) is 48.8 Å². The molecule has 1 saturated carbocycles. The highest BCUT2D eigenvalue weighted by Crippen LogP contribution is 2.29. The topological polar surface area (TPSA) is 41.6 Å². The first-order valence-corrected chi connectivity index (χ1v) is 8.53. The largest absolute Gasteiger partial charge is 0.497 e. The number of carbonyl (C=O) groups excluding carboxylic acids is 1. The van der Waals surface area contributed by atoms with Crippen LogP contribution in [0.1, 0.15) is 19.3 Å². The van der Waals surface area contributed by atoms with Crippen LogP contribution in [0.15, 0.2) is 29.2 Å². The Balaban J connectivity index is 1.41. The summed E-state index contributed by atoms with van der Waals surface area (Å²) >= 11 is 1.56. The summed E-state index contributed by atoms with van der Waals surface area (Å²) in [5, 5.41) is 3.16. The van der Waals surface area contributed by atoms with Gasteiger partial charge in [-0.15, -0.1) is 11.8 Å². The fraction of sp³-hybridized carbons (Fsp3) is 0.562. The molecular weight excluding hydrogens is 284 g/mol. The fourth-order valence-corrected chi connectivity index (χ4v) is 3.54. The van der Waals surface area contributed by atoms with Crippen molar-refractivity contribution in [3.63, 3.8) is 0 Å². The van der Waals surface area contributed by atoms with E-state index < -0.39 is 0 Å². The molecule has 0 bridgehead atoms. The van der Waals surface area contributed by atoms with Gasteiger partial charge in [0.25, 0.3) is 0 Å². The standard InChI is InChI=1S/C16H22N2O2S/c1-20-14-3-2-4-15(9-14)21-11-16(19)17-12-7-8-18(10-12)13-5-6-13/h2-4,9,12-13H,5-8,10-11H2,1H3,(H,17,19)/t12-/m0/s1. The Morgan fingerprint density at radius 3 is 3.05 bits per heavy atom. The molecule has 0 radical (unpaired) electrons. The predicted molar refractivity (Wildman–Crippen MR) is 84.9 cm³/mol. The monoisotopic (exact) mass is 306 g/mol. The molecule has 0 aromatic heterocycles. The number of nitrogens with one attached hydrogen (secondary N) is 1. The van der Waals surface area contributed by atoms with Gasteiger partial charge in [-0.3, -0.25) is 9.69 Å². The van der Waals surface area contributed by atoms with Crippen LogP contribution in [0, 0.1) is 0 Å². The molecule has 0 unspecified atom stereocenters. The zero-order chi connectivity index (χ0) is 14.7. The molecule has 1 heterocycles. The Hall–Kier alpha value is -1.20. The molecule has 0 spiro atoms. The van der Waals surface area contributed by atoms with E-state index in [0.29, 0.717) is 11.8 Å². The van der Waals surface area contributed by atoms with Gasteiger partial charge in [0.2, 0.25) is 5.91 Å². The summed E-state index contributed by atoms with van der Waals surface area (Å²) in [7, 11) is 1.65. The van der Waals surface area contributed by atoms with E-state index in [0.717, 1.165) is 36.2 Å². The lowest BCUT2D eigenvalue weighted by Gasteiger charge is -2.15. The van der Waals surface area contributed by atoms with Gasteiger partial charge in [0.15, 0.2) is 0 Å². The predicted octanol–water partition coefficient (Wildman–Crippen LogP) is 2.14. The van der Waals surface area contributed by atoms with Crippen LogP contribution in [-0.2, 0) is 4.79 Å². The first-order valence-electron chi connectivity index (χ1n) is 7.55. The number of likely N-dealkylation sites (tertiary alicyclic amines) is 1. The van der Waals surface area contributed by atoms with Crippen molar-refractivity contribution in [2.24, 2.45) is 0 Å². The van der Waals surface area contributed by atoms with E-state index in [1.165, 1.54) is 12.8 Å². The molecule has 1 atom stereocenters. The Labute approximate surface area is 130 Å². The number of ether oxygens (including phenoxy) is 1. The smallest absolute Gasteiger partial charge is 0.230 e. The van der Waals surface area contributed by atoms with Crippen LogP contribution < -0.4 is 10.1 Å². The number of hydrogen-bond acceptors (Lipinski definition) is 4. The van der Waals surface area contributed by atoms with Crippen LogP contribution in [0.4, 0.5) is 0 Å². The second kappa shape index (κ2) is 6.71. The summed E-state index contributed by atoms with van der Waals surface area (Å²) in [4.78, 5) is 15.6. The molecule has 1 aliphatic heterocycles. The molecule has 4 nitrogen and oxygen atoms in total. The van der Waals surface area contributed by atoms with Gasteiger partial charge in [0.05, 0.1) is 12.9 Å². The van der Waals surface area contributed by atoms with Crippen LogP contribution in [0.3, 0.4) is 0 Å². The summed E-state index contributed by atoms with van der Waals surface area (Å²) in [6.45, 7) is 2.17. The van der Waals surface area contributed by atoms with E-state index in [2.05, 4.69) is 10.2 Å². The maximum absolute atomic E-state index is 12.0. The van der Waals surface area contributed by atoms with Gasteiger partial charge in [0, 0.05) is 30.1 Å². The number of methoxy groups -OCH3 is 1. The molecule has 3 rings (SSSR count). The van der Waals surface area contributed by atoms with Crippen molar-refractivity contribution in [3.05, 3.63) is 24.3 Å². The van der Waals surface area contributed by atoms with Gasteiger partial charge < -0.3 is 10.1 Å². The van der Waals surface area contributed by atoms with Crippen LogP contribution in [0.5, 0.6) is 5.75 Å². The molecule has 2 aliphatic rings. The zero-order valence-corrected chi connectivity index (χ0v) is 13.2. The number of carbonyl (C=O) groups is 1. The lowest BCUT2D eigenvalue weighted by molar-refractivity contribution is -0.119. The van der Waals surface area contributed by atoms with Crippen LogP contribution >= 0.6 is 11.8 Å². The molecule has 21 heavy (non-hydrogen) atoms. The third kappa shape index (κ3) is 4.14. The Morgan fingerprint density at radius 2 is 2.29 bits per heavy atom. The molecule has 5 heteroatoms. The summed E-state index contributed by atoms with van der Waals surface area (Å²) in [6.07, 6.45) is 3.77. The Kier molecular flexibility index (Phi) is 4.70. The zero-order valence-electron chi connectivity index (χ0n) is 12.4. The Bertz CT molecular complexity index is 505. The molecule has 1 saturated heterocycles. The van der Waals surface area contributed by atoms with Gasteiger partial charge in [-0.2, -0.15) is 0 Å². The average molecular weight is 306 g/mol. The SMILES string of the molecule is COc1cccc(SCC(=O)N[C@H]2CCN(C3CC3)C2)c1. The third-order valence-corrected chi connectivity index (χ3v) is 5.05. The van der Waals surface area contributed by atoms with Crippen molar-refractivity contribution in [3.8, 4) is 5.75 Å². The first-order chi connectivity index (χ1) is 10.2. The third-order valence-electron chi connectivity index (χ3n) is 4.06. The van der Waals surface area contributed by atoms with Crippen molar-refractivity contribution >= 4 is 17.7 Å². The number of amides is 1. The lowest BCUT2D eigenvalue weighted by atomic mass is 10.2. The molecule has 114 valence electrons. The molecule has 2 fully saturated rings. The summed E-state index contributed by atoms with van der Waals surface area (Å²) < 4.78 is 5.19. The highest BCUT2D eigenvalue weighted by molar-refractivity contribution is 8.00. The molecular formula is C16H22N2O2S. The van der Waals surface area contributed by atoms with Crippen LogP contribution in [0.25, 0.3) is 0 Å². The van der Waals surface area contributed by atoms with Crippen molar-refractivity contribution < 1.29 is 9.53 Å². The van der Waals surface area contributed by atoms with Gasteiger partial charge in [-0.05, 0) is 37.5 Å². The Morgan fingerprint density at radius 1 is 1.43 bits per heavy atom. The first kappa shape index (κ1) is 14.7. The maximum Gasteiger partial charge on any atom is 0.230 e. The minimum Gasteiger partial charge on any atom is -0.497 e. The average Bonchev–Trinajstić information content (AvgIpc) is 3.26. The number of benzene rings is 1. The lowest BCUT2D eigenvalue weighted by Crippen LogP contribution is -2.38. The van der Waals surface area contributed by atoms with Gasteiger partial charge in [-0.1, -0.05) is 6.07 Å². The van der Waals surface area contributed by atoms with Crippen molar-refractivity contribution in [2.75, 3.05) is 26.0 Å².